The fourth-order valence-corrected chi connectivity index (χ4v) is 3.19. The van der Waals surface area contributed by atoms with Crippen LogP contribution in [0.25, 0.3) is 0 Å². The van der Waals surface area contributed by atoms with Gasteiger partial charge in [-0.2, -0.15) is 0 Å². The van der Waals surface area contributed by atoms with Crippen LogP contribution < -0.4 is 9.05 Å². The summed E-state index contributed by atoms with van der Waals surface area (Å²) in [5, 5.41) is 18.3. The van der Waals surface area contributed by atoms with Gasteiger partial charge in [0.1, 0.15) is 23.0 Å². The summed E-state index contributed by atoms with van der Waals surface area (Å²) in [6.07, 6.45) is 0. The van der Waals surface area contributed by atoms with Gasteiger partial charge >= 0.3 is 5.69 Å². The van der Waals surface area contributed by atoms with E-state index in [1.165, 1.54) is 24.3 Å². The second-order valence-corrected chi connectivity index (χ2v) is 8.78. The first-order chi connectivity index (χ1) is 8.94. The van der Waals surface area contributed by atoms with Gasteiger partial charge in [-0.1, -0.05) is 12.2 Å². The lowest BCUT2D eigenvalue weighted by Gasteiger charge is -2.18. The van der Waals surface area contributed by atoms with E-state index in [1.807, 2.05) is 0 Å². The molecular weight excluding hydrogens is 303 g/mol. The number of benzene rings is 2. The fraction of sp³-hybridized carbons (Fsp3) is 0. The highest BCUT2D eigenvalue weighted by atomic mass is 32.9. The van der Waals surface area contributed by atoms with Crippen LogP contribution in [0.2, 0.25) is 0 Å². The largest absolute Gasteiger partial charge is 0.508 e. The Morgan fingerprint density at radius 1 is 0.789 bits per heavy atom. The van der Waals surface area contributed by atoms with Gasteiger partial charge < -0.3 is 19.3 Å². The third kappa shape index (κ3) is 4.35. The molecule has 19 heavy (non-hydrogen) atoms. The van der Waals surface area contributed by atoms with Gasteiger partial charge in [0.2, 0.25) is 0 Å². The summed E-state index contributed by atoms with van der Waals surface area (Å²) in [5.41, 5.74) is -2.80. The Morgan fingerprint density at radius 3 is 1.42 bits per heavy atom. The number of rotatable bonds is 4. The molecule has 0 saturated heterocycles. The summed E-state index contributed by atoms with van der Waals surface area (Å²) in [6, 6.07) is 12.2. The van der Waals surface area contributed by atoms with E-state index >= 15 is 0 Å². The Balaban J connectivity index is 2.08. The predicted molar refractivity (Wildman–Crippen MR) is 80.7 cm³/mol. The molecule has 0 aliphatic carbocycles. The minimum Gasteiger partial charge on any atom is -0.508 e. The zero-order chi connectivity index (χ0) is 13.9. The van der Waals surface area contributed by atoms with Crippen molar-refractivity contribution in [3.63, 3.8) is 0 Å². The minimum absolute atomic E-state index is 0.138. The maximum Gasteiger partial charge on any atom is 0.345 e. The zero-order valence-electron chi connectivity index (χ0n) is 9.63. The molecule has 4 nitrogen and oxygen atoms in total. The number of aromatic hydroxyl groups is 2. The first-order valence-electron chi connectivity index (χ1n) is 5.25. The molecular formula is C12H11O4PS2. The van der Waals surface area contributed by atoms with Gasteiger partial charge in [0.25, 0.3) is 0 Å². The van der Waals surface area contributed by atoms with Crippen LogP contribution in [0, 0.1) is 0 Å². The molecule has 0 atom stereocenters. The van der Waals surface area contributed by atoms with Crippen molar-refractivity contribution in [2.75, 3.05) is 0 Å². The summed E-state index contributed by atoms with van der Waals surface area (Å²) in [4.78, 5) is 0. The molecule has 0 bridgehead atoms. The molecule has 0 aromatic heterocycles. The predicted octanol–water partition coefficient (Wildman–Crippen LogP) is 3.71. The molecule has 0 aliphatic heterocycles. The van der Waals surface area contributed by atoms with E-state index in [-0.39, 0.29) is 11.5 Å². The van der Waals surface area contributed by atoms with E-state index in [9.17, 15) is 0 Å². The molecule has 0 radical (unpaired) electrons. The molecule has 0 fully saturated rings. The third-order valence-electron chi connectivity index (χ3n) is 2.11. The minimum atomic E-state index is -2.80. The van der Waals surface area contributed by atoms with Gasteiger partial charge in [-0.15, -0.1) is 0 Å². The Kier molecular flexibility index (Phi) is 4.24. The van der Waals surface area contributed by atoms with Crippen molar-refractivity contribution in [2.24, 2.45) is 0 Å². The van der Waals surface area contributed by atoms with Crippen molar-refractivity contribution in [3.05, 3.63) is 48.5 Å². The number of phenolic OH excluding ortho intramolecular Hbond substituents is 2. The number of thiol groups is 1. The van der Waals surface area contributed by atoms with Crippen LogP contribution in [0.3, 0.4) is 0 Å². The number of hydrogen-bond donors (Lipinski definition) is 3. The second-order valence-electron chi connectivity index (χ2n) is 3.64. The quantitative estimate of drug-likeness (QED) is 0.593. The van der Waals surface area contributed by atoms with Crippen molar-refractivity contribution in [2.45, 2.75) is 0 Å². The summed E-state index contributed by atoms with van der Waals surface area (Å²) < 4.78 is 11.0. The van der Waals surface area contributed by atoms with E-state index in [0.29, 0.717) is 11.5 Å². The first kappa shape index (κ1) is 14.1. The van der Waals surface area contributed by atoms with Crippen molar-refractivity contribution < 1.29 is 19.3 Å². The van der Waals surface area contributed by atoms with Crippen LogP contribution >= 0.6 is 17.9 Å². The van der Waals surface area contributed by atoms with Crippen LogP contribution in [0.4, 0.5) is 0 Å². The van der Waals surface area contributed by atoms with Gasteiger partial charge in [-0.3, -0.25) is 0 Å². The van der Waals surface area contributed by atoms with Crippen molar-refractivity contribution in [1.82, 2.24) is 0 Å². The Morgan fingerprint density at radius 2 is 1.11 bits per heavy atom. The van der Waals surface area contributed by atoms with E-state index in [1.54, 1.807) is 24.3 Å². The summed E-state index contributed by atoms with van der Waals surface area (Å²) in [5.74, 6) is 1.21. The Bertz CT molecular complexity index is 547. The van der Waals surface area contributed by atoms with Crippen LogP contribution in [0.15, 0.2) is 48.5 Å². The summed E-state index contributed by atoms with van der Waals surface area (Å²) in [7, 11) is 0. The maximum atomic E-state index is 9.17. The van der Waals surface area contributed by atoms with E-state index < -0.39 is 5.69 Å². The van der Waals surface area contributed by atoms with E-state index in [4.69, 9.17) is 31.1 Å². The third-order valence-corrected chi connectivity index (χ3v) is 3.94. The second kappa shape index (κ2) is 5.74. The van der Waals surface area contributed by atoms with Crippen LogP contribution in [-0.2, 0) is 11.8 Å². The van der Waals surface area contributed by atoms with E-state index in [2.05, 4.69) is 12.2 Å². The summed E-state index contributed by atoms with van der Waals surface area (Å²) in [6.45, 7) is 0. The van der Waals surface area contributed by atoms with Crippen molar-refractivity contribution in [1.29, 1.82) is 0 Å². The molecule has 2 rings (SSSR count). The van der Waals surface area contributed by atoms with Gasteiger partial charge in [-0.05, 0) is 60.3 Å². The average molecular weight is 314 g/mol. The molecule has 0 amide bonds. The Labute approximate surface area is 121 Å². The molecule has 0 saturated carbocycles. The molecule has 0 spiro atoms. The smallest absolute Gasteiger partial charge is 0.345 e. The molecule has 2 aromatic carbocycles. The fourth-order valence-electron chi connectivity index (χ4n) is 1.30. The van der Waals surface area contributed by atoms with Crippen molar-refractivity contribution in [3.8, 4) is 23.0 Å². The number of hydrogen-bond acceptors (Lipinski definition) is 5. The highest BCUT2D eigenvalue weighted by Gasteiger charge is 2.16. The zero-order valence-corrected chi connectivity index (χ0v) is 12.2. The molecule has 2 aromatic rings. The molecule has 0 aliphatic rings. The monoisotopic (exact) mass is 314 g/mol. The summed E-state index contributed by atoms with van der Waals surface area (Å²) >= 11 is 9.40. The van der Waals surface area contributed by atoms with Gasteiger partial charge in [0, 0.05) is 0 Å². The molecule has 100 valence electrons. The highest BCUT2D eigenvalue weighted by molar-refractivity contribution is 8.60. The molecule has 7 heteroatoms. The highest BCUT2D eigenvalue weighted by Crippen LogP contribution is 2.53. The van der Waals surface area contributed by atoms with Crippen molar-refractivity contribution >= 4 is 29.7 Å². The van der Waals surface area contributed by atoms with Gasteiger partial charge in [0.15, 0.2) is 0 Å². The average Bonchev–Trinajstić information content (AvgIpc) is 2.34. The van der Waals surface area contributed by atoms with Gasteiger partial charge in [0.05, 0.1) is 0 Å². The Hall–Kier alpha value is -1.36. The van der Waals surface area contributed by atoms with Crippen LogP contribution in [0.1, 0.15) is 0 Å². The first-order valence-corrected chi connectivity index (χ1v) is 9.04. The standard InChI is InChI=1S/C12H11O4PS2/c13-9-1-5-11(6-2-9)15-17(18,19)16-12-7-3-10(14)4-8-12/h1-8,13-14H,(H,18,19). The lowest BCUT2D eigenvalue weighted by molar-refractivity contribution is 0.469. The molecule has 2 N–H and O–H groups in total. The number of phenols is 2. The topological polar surface area (TPSA) is 58.9 Å². The maximum absolute atomic E-state index is 9.17. The molecule has 0 heterocycles. The SMILES string of the molecule is Oc1ccc(OP(=S)(S)Oc2ccc(O)cc2)cc1. The molecule has 0 unspecified atom stereocenters. The lowest BCUT2D eigenvalue weighted by Crippen LogP contribution is -1.94. The normalized spacial score (nSPS) is 11.0. The van der Waals surface area contributed by atoms with Gasteiger partial charge in [-0.25, -0.2) is 0 Å². The van der Waals surface area contributed by atoms with Crippen LogP contribution in [0.5, 0.6) is 23.0 Å². The van der Waals surface area contributed by atoms with E-state index in [0.717, 1.165) is 0 Å². The lowest BCUT2D eigenvalue weighted by atomic mass is 10.3. The van der Waals surface area contributed by atoms with Crippen LogP contribution in [-0.4, -0.2) is 10.2 Å².